The summed E-state index contributed by atoms with van der Waals surface area (Å²) in [5.41, 5.74) is 6.40. The Morgan fingerprint density at radius 3 is 2.92 bits per heavy atom. The van der Waals surface area contributed by atoms with Crippen LogP contribution in [0.5, 0.6) is 0 Å². The van der Waals surface area contributed by atoms with Crippen molar-refractivity contribution < 1.29 is 4.79 Å². The first-order valence-electron chi connectivity index (χ1n) is 3.57. The van der Waals surface area contributed by atoms with Gasteiger partial charge in [0.05, 0.1) is 10.6 Å². The zero-order chi connectivity index (χ0) is 8.97. The highest BCUT2D eigenvalue weighted by atomic mass is 32.1. The first kappa shape index (κ1) is 8.93. The molecule has 64 valence electrons. The molecule has 1 heterocycles. The number of hydrogen-bond donors (Lipinski definition) is 1. The number of aldehydes is 1. The number of nitrogens with two attached hydrogens (primary N) is 1. The number of nitrogen functional groups attached to an aromatic ring is 1. The molecule has 0 aromatic carbocycles. The molecule has 2 N–H and O–H groups in total. The molecule has 0 fully saturated rings. The molecule has 0 aliphatic heterocycles. The van der Waals surface area contributed by atoms with Crippen LogP contribution in [0.2, 0.25) is 0 Å². The molecule has 1 aromatic heterocycles. The van der Waals surface area contributed by atoms with Gasteiger partial charge in [-0.3, -0.25) is 0 Å². The first-order chi connectivity index (χ1) is 5.74. The number of carbonyl (C=O) groups excluding carboxylic acids is 1. The fourth-order valence-electron chi connectivity index (χ4n) is 0.815. The fourth-order valence-corrected chi connectivity index (χ4v) is 1.58. The summed E-state index contributed by atoms with van der Waals surface area (Å²) in [6.45, 7) is 1.90. The van der Waals surface area contributed by atoms with Gasteiger partial charge in [0.1, 0.15) is 6.29 Å². The van der Waals surface area contributed by atoms with Crippen LogP contribution in [0.1, 0.15) is 17.0 Å². The lowest BCUT2D eigenvalue weighted by atomic mass is 10.3. The topological polar surface area (TPSA) is 56.0 Å². The van der Waals surface area contributed by atoms with E-state index in [1.165, 1.54) is 11.3 Å². The van der Waals surface area contributed by atoms with Crippen LogP contribution >= 0.6 is 11.3 Å². The zero-order valence-electron chi connectivity index (χ0n) is 6.78. The van der Waals surface area contributed by atoms with E-state index in [9.17, 15) is 4.79 Å². The molecule has 1 aromatic rings. The summed E-state index contributed by atoms with van der Waals surface area (Å²) in [6.07, 6.45) is 4.97. The maximum absolute atomic E-state index is 10.00. The molecule has 0 amide bonds. The molecule has 0 aliphatic carbocycles. The maximum atomic E-state index is 10.00. The van der Waals surface area contributed by atoms with Gasteiger partial charge in [-0.15, -0.1) is 0 Å². The van der Waals surface area contributed by atoms with Gasteiger partial charge in [-0.1, -0.05) is 17.4 Å². The van der Waals surface area contributed by atoms with Gasteiger partial charge in [-0.05, 0) is 13.0 Å². The second-order valence-electron chi connectivity index (χ2n) is 2.31. The van der Waals surface area contributed by atoms with Crippen molar-refractivity contribution in [3.63, 3.8) is 0 Å². The van der Waals surface area contributed by atoms with Crippen molar-refractivity contribution in [2.24, 2.45) is 0 Å². The molecular formula is C8H10N2OS. The first-order valence-corrected chi connectivity index (χ1v) is 4.38. The van der Waals surface area contributed by atoms with Crippen molar-refractivity contribution in [3.8, 4) is 0 Å². The lowest BCUT2D eigenvalue weighted by Gasteiger charge is -1.84. The Morgan fingerprint density at radius 1 is 1.67 bits per heavy atom. The van der Waals surface area contributed by atoms with Crippen molar-refractivity contribution >= 4 is 28.8 Å². The molecule has 0 bridgehead atoms. The van der Waals surface area contributed by atoms with E-state index in [2.05, 4.69) is 4.98 Å². The molecule has 0 atom stereocenters. The average molecular weight is 182 g/mol. The quantitative estimate of drug-likeness (QED) is 0.723. The summed E-state index contributed by atoms with van der Waals surface area (Å²) >= 11 is 1.43. The second-order valence-corrected chi connectivity index (χ2v) is 3.37. The van der Waals surface area contributed by atoms with Gasteiger partial charge < -0.3 is 10.5 Å². The largest absolute Gasteiger partial charge is 0.375 e. The van der Waals surface area contributed by atoms with E-state index in [4.69, 9.17) is 5.73 Å². The van der Waals surface area contributed by atoms with E-state index >= 15 is 0 Å². The molecule has 12 heavy (non-hydrogen) atoms. The third kappa shape index (κ3) is 2.17. The Kier molecular flexibility index (Phi) is 2.99. The number of hydrogen-bond acceptors (Lipinski definition) is 4. The summed E-state index contributed by atoms with van der Waals surface area (Å²) in [6, 6.07) is 0. The Morgan fingerprint density at radius 2 is 2.42 bits per heavy atom. The van der Waals surface area contributed by atoms with E-state index in [1.54, 1.807) is 6.08 Å². The van der Waals surface area contributed by atoms with Crippen molar-refractivity contribution in [1.82, 2.24) is 4.98 Å². The Labute approximate surface area is 74.9 Å². The smallest absolute Gasteiger partial charge is 0.180 e. The number of aryl methyl sites for hydroxylation is 1. The number of nitrogens with zero attached hydrogens (tertiary/aromatic N) is 1. The van der Waals surface area contributed by atoms with E-state index in [0.717, 1.165) is 16.9 Å². The van der Waals surface area contributed by atoms with Gasteiger partial charge >= 0.3 is 0 Å². The number of rotatable bonds is 3. The van der Waals surface area contributed by atoms with E-state index in [0.29, 0.717) is 11.6 Å². The highest BCUT2D eigenvalue weighted by Crippen LogP contribution is 2.20. The predicted molar refractivity (Wildman–Crippen MR) is 51.0 cm³/mol. The standard InChI is InChI=1S/C8H10N2OS/c1-6-7(4-2-3-5-11)12-8(9)10-6/h2,4-5H,3H2,1H3,(H2,9,10). The molecule has 4 heteroatoms. The average Bonchev–Trinajstić information content (AvgIpc) is 2.31. The molecule has 0 unspecified atom stereocenters. The summed E-state index contributed by atoms with van der Waals surface area (Å²) in [5.74, 6) is 0. The van der Waals surface area contributed by atoms with E-state index < -0.39 is 0 Å². The molecule has 0 spiro atoms. The lowest BCUT2D eigenvalue weighted by Crippen LogP contribution is -1.80. The van der Waals surface area contributed by atoms with Crippen molar-refractivity contribution in [1.29, 1.82) is 0 Å². The van der Waals surface area contributed by atoms with Gasteiger partial charge in [0.15, 0.2) is 5.13 Å². The molecule has 0 radical (unpaired) electrons. The number of allylic oxidation sites excluding steroid dienone is 1. The minimum absolute atomic E-state index is 0.442. The van der Waals surface area contributed by atoms with Gasteiger partial charge in [-0.25, -0.2) is 4.98 Å². The number of anilines is 1. The van der Waals surface area contributed by atoms with Crippen LogP contribution in [-0.4, -0.2) is 11.3 Å². The van der Waals surface area contributed by atoms with Crippen LogP contribution in [0.15, 0.2) is 6.08 Å². The van der Waals surface area contributed by atoms with Gasteiger partial charge in [0.25, 0.3) is 0 Å². The highest BCUT2D eigenvalue weighted by Gasteiger charge is 1.99. The van der Waals surface area contributed by atoms with E-state index in [-0.39, 0.29) is 0 Å². The van der Waals surface area contributed by atoms with Crippen LogP contribution in [0, 0.1) is 6.92 Å². The summed E-state index contributed by atoms with van der Waals surface area (Å²) < 4.78 is 0. The van der Waals surface area contributed by atoms with Gasteiger partial charge in [-0.2, -0.15) is 0 Å². The van der Waals surface area contributed by atoms with E-state index in [1.807, 2.05) is 13.0 Å². The highest BCUT2D eigenvalue weighted by molar-refractivity contribution is 7.16. The van der Waals surface area contributed by atoms with Crippen molar-refractivity contribution in [2.75, 3.05) is 5.73 Å². The SMILES string of the molecule is Cc1nc(N)sc1C=CCC=O. The molecule has 0 saturated heterocycles. The second kappa shape index (κ2) is 4.01. The lowest BCUT2D eigenvalue weighted by molar-refractivity contribution is -0.107. The van der Waals surface area contributed by atoms with Crippen molar-refractivity contribution in [2.45, 2.75) is 13.3 Å². The zero-order valence-corrected chi connectivity index (χ0v) is 7.60. The number of carbonyl (C=O) groups is 1. The van der Waals surface area contributed by atoms with Crippen LogP contribution in [0.3, 0.4) is 0 Å². The monoisotopic (exact) mass is 182 g/mol. The van der Waals surface area contributed by atoms with Gasteiger partial charge in [0.2, 0.25) is 0 Å². The number of thiazole rings is 1. The summed E-state index contributed by atoms with van der Waals surface area (Å²) in [7, 11) is 0. The minimum Gasteiger partial charge on any atom is -0.375 e. The molecule has 3 nitrogen and oxygen atoms in total. The molecule has 1 rings (SSSR count). The predicted octanol–water partition coefficient (Wildman–Crippen LogP) is 1.64. The minimum atomic E-state index is 0.442. The Bertz CT molecular complexity index is 304. The summed E-state index contributed by atoms with van der Waals surface area (Å²) in [5, 5.41) is 0.568. The fraction of sp³-hybridized carbons (Fsp3) is 0.250. The van der Waals surface area contributed by atoms with Crippen LogP contribution in [-0.2, 0) is 4.79 Å². The third-order valence-corrected chi connectivity index (χ3v) is 2.30. The van der Waals surface area contributed by atoms with Crippen molar-refractivity contribution in [3.05, 3.63) is 16.6 Å². The number of aromatic nitrogens is 1. The molecule has 0 aliphatic rings. The maximum Gasteiger partial charge on any atom is 0.180 e. The van der Waals surface area contributed by atoms with Crippen LogP contribution in [0.25, 0.3) is 6.08 Å². The van der Waals surface area contributed by atoms with Crippen LogP contribution < -0.4 is 5.73 Å². The third-order valence-electron chi connectivity index (χ3n) is 1.35. The van der Waals surface area contributed by atoms with Crippen LogP contribution in [0.4, 0.5) is 5.13 Å². The Balaban J connectivity index is 2.74. The summed E-state index contributed by atoms with van der Waals surface area (Å²) in [4.78, 5) is 15.1. The molecule has 0 saturated carbocycles. The Hall–Kier alpha value is -1.16. The van der Waals surface area contributed by atoms with Gasteiger partial charge in [0, 0.05) is 6.42 Å². The molecular weight excluding hydrogens is 172 g/mol. The normalized spacial score (nSPS) is 10.8.